The summed E-state index contributed by atoms with van der Waals surface area (Å²) in [5.41, 5.74) is 12.8. The van der Waals surface area contributed by atoms with Crippen molar-refractivity contribution in [2.75, 3.05) is 0 Å². The highest BCUT2D eigenvalue weighted by atomic mass is 32.1. The minimum atomic E-state index is -0.141. The minimum Gasteiger partial charge on any atom is -0.309 e. The number of rotatable bonds is 3. The molecular formula is C51H33N3S. The van der Waals surface area contributed by atoms with Gasteiger partial charge in [0.05, 0.1) is 22.2 Å². The van der Waals surface area contributed by atoms with E-state index in [4.69, 9.17) is 9.97 Å². The van der Waals surface area contributed by atoms with Gasteiger partial charge in [0, 0.05) is 58.6 Å². The Balaban J connectivity index is 1.08. The Morgan fingerprint density at radius 2 is 1.25 bits per heavy atom. The van der Waals surface area contributed by atoms with Crippen molar-refractivity contribution in [2.45, 2.75) is 19.3 Å². The molecule has 3 heterocycles. The first-order valence-electron chi connectivity index (χ1n) is 18.9. The summed E-state index contributed by atoms with van der Waals surface area (Å²) in [7, 11) is 0. The van der Waals surface area contributed by atoms with Gasteiger partial charge in [-0.05, 0) is 81.6 Å². The molecule has 4 heteroatoms. The molecule has 0 fully saturated rings. The third kappa shape index (κ3) is 4.31. The van der Waals surface area contributed by atoms with Crippen LogP contribution in [0.25, 0.3) is 103 Å². The van der Waals surface area contributed by atoms with E-state index in [2.05, 4.69) is 182 Å². The van der Waals surface area contributed by atoms with Crippen molar-refractivity contribution in [3.05, 3.63) is 175 Å². The van der Waals surface area contributed by atoms with Crippen LogP contribution in [0.15, 0.2) is 164 Å². The molecule has 0 N–H and O–H groups in total. The van der Waals surface area contributed by atoms with Crippen molar-refractivity contribution >= 4 is 75.0 Å². The van der Waals surface area contributed by atoms with Gasteiger partial charge in [0.15, 0.2) is 5.82 Å². The molecule has 12 rings (SSSR count). The Kier molecular flexibility index (Phi) is 6.27. The Hall–Kier alpha value is -6.62. The van der Waals surface area contributed by atoms with E-state index < -0.39 is 0 Å². The predicted molar refractivity (Wildman–Crippen MR) is 233 cm³/mol. The smallest absolute Gasteiger partial charge is 0.160 e. The second kappa shape index (κ2) is 11.2. The van der Waals surface area contributed by atoms with Crippen molar-refractivity contribution in [3.63, 3.8) is 0 Å². The van der Waals surface area contributed by atoms with Crippen LogP contribution in [0, 0.1) is 0 Å². The molecule has 0 amide bonds. The highest BCUT2D eigenvalue weighted by Gasteiger charge is 2.37. The van der Waals surface area contributed by atoms with Gasteiger partial charge in [-0.3, -0.25) is 0 Å². The van der Waals surface area contributed by atoms with Crippen LogP contribution in [0.3, 0.4) is 0 Å². The number of hydrogen-bond acceptors (Lipinski definition) is 3. The Morgan fingerprint density at radius 3 is 2.16 bits per heavy atom. The quantitative estimate of drug-likeness (QED) is 0.182. The number of nitrogens with zero attached hydrogens (tertiary/aromatic N) is 3. The topological polar surface area (TPSA) is 30.7 Å². The summed E-state index contributed by atoms with van der Waals surface area (Å²) in [6.07, 6.45) is 0. The number of benzene rings is 8. The molecule has 1 aliphatic carbocycles. The van der Waals surface area contributed by atoms with Gasteiger partial charge in [0.25, 0.3) is 0 Å². The molecule has 0 unspecified atom stereocenters. The van der Waals surface area contributed by atoms with E-state index in [1.54, 1.807) is 0 Å². The van der Waals surface area contributed by atoms with Crippen LogP contribution in [0.2, 0.25) is 0 Å². The number of aromatic nitrogens is 3. The third-order valence-corrected chi connectivity index (χ3v) is 13.1. The second-order valence-electron chi connectivity index (χ2n) is 15.3. The molecule has 0 aliphatic heterocycles. The van der Waals surface area contributed by atoms with E-state index in [0.29, 0.717) is 0 Å². The van der Waals surface area contributed by atoms with Gasteiger partial charge in [-0.15, -0.1) is 11.3 Å². The summed E-state index contributed by atoms with van der Waals surface area (Å²) in [4.78, 5) is 10.6. The van der Waals surface area contributed by atoms with Crippen LogP contribution >= 0.6 is 11.3 Å². The number of hydrogen-bond donors (Lipinski definition) is 0. The monoisotopic (exact) mass is 719 g/mol. The SMILES string of the molecule is CC1(C)c2cc3c(cc2-c2c1ccc1ccccc21)c1ccccc1n3-c1cccc(-c2nc(-c3cccc4sc5ccccc5c34)c3ccccc3n2)c1. The van der Waals surface area contributed by atoms with Gasteiger partial charge in [-0.25, -0.2) is 9.97 Å². The lowest BCUT2D eigenvalue weighted by molar-refractivity contribution is 0.661. The lowest BCUT2D eigenvalue weighted by atomic mass is 9.82. The van der Waals surface area contributed by atoms with Gasteiger partial charge >= 0.3 is 0 Å². The molecule has 8 aromatic carbocycles. The fraction of sp³-hybridized carbons (Fsp3) is 0.0588. The van der Waals surface area contributed by atoms with E-state index in [9.17, 15) is 0 Å². The highest BCUT2D eigenvalue weighted by Crippen LogP contribution is 2.53. The molecule has 11 aromatic rings. The van der Waals surface area contributed by atoms with Gasteiger partial charge in [0.2, 0.25) is 0 Å². The first-order valence-corrected chi connectivity index (χ1v) is 19.7. The Labute approximate surface area is 321 Å². The molecule has 258 valence electrons. The third-order valence-electron chi connectivity index (χ3n) is 12.0. The minimum absolute atomic E-state index is 0.141. The normalized spacial score (nSPS) is 13.4. The first-order chi connectivity index (χ1) is 27.0. The van der Waals surface area contributed by atoms with Crippen LogP contribution in [0.5, 0.6) is 0 Å². The summed E-state index contributed by atoms with van der Waals surface area (Å²) in [5.74, 6) is 0.720. The standard InChI is InChI=1S/C51H33N3S/c1-51(2)40-26-25-30-13-3-4-16-33(30)47(40)39-28-38-34-17-6-9-22-43(34)54(44(38)29-41(39)51)32-15-11-14-31(27-32)50-52-42-21-8-5-18-35(42)49(53-50)37-20-12-24-46-48(37)36-19-7-10-23-45(36)55-46/h3-29H,1-2H3. The predicted octanol–water partition coefficient (Wildman–Crippen LogP) is 13.9. The lowest BCUT2D eigenvalue weighted by Gasteiger charge is -2.22. The van der Waals surface area contributed by atoms with Crippen molar-refractivity contribution in [1.29, 1.82) is 0 Å². The van der Waals surface area contributed by atoms with Crippen LogP contribution in [0.1, 0.15) is 25.0 Å². The highest BCUT2D eigenvalue weighted by molar-refractivity contribution is 7.25. The largest absolute Gasteiger partial charge is 0.309 e. The van der Waals surface area contributed by atoms with Crippen molar-refractivity contribution in [1.82, 2.24) is 14.5 Å². The number of para-hydroxylation sites is 2. The van der Waals surface area contributed by atoms with Crippen molar-refractivity contribution in [2.24, 2.45) is 0 Å². The van der Waals surface area contributed by atoms with E-state index in [1.807, 2.05) is 11.3 Å². The van der Waals surface area contributed by atoms with Crippen LogP contribution in [0.4, 0.5) is 0 Å². The fourth-order valence-corrected chi connectivity index (χ4v) is 10.5. The van der Waals surface area contributed by atoms with E-state index >= 15 is 0 Å². The van der Waals surface area contributed by atoms with Crippen LogP contribution in [-0.4, -0.2) is 14.5 Å². The van der Waals surface area contributed by atoms with E-state index in [0.717, 1.165) is 39.2 Å². The van der Waals surface area contributed by atoms with E-state index in [1.165, 1.54) is 75.0 Å². The fourth-order valence-electron chi connectivity index (χ4n) is 9.41. The zero-order chi connectivity index (χ0) is 36.4. The number of thiophene rings is 1. The zero-order valence-corrected chi connectivity index (χ0v) is 31.2. The second-order valence-corrected chi connectivity index (χ2v) is 16.4. The molecule has 3 nitrogen and oxygen atoms in total. The molecule has 1 aliphatic rings. The summed E-state index contributed by atoms with van der Waals surface area (Å²) in [6, 6.07) is 59.7. The number of fused-ring (bicyclic) bond motifs is 12. The average Bonchev–Trinajstić information content (AvgIpc) is 3.85. The summed E-state index contributed by atoms with van der Waals surface area (Å²) in [5, 5.41) is 8.68. The maximum atomic E-state index is 5.42. The maximum absolute atomic E-state index is 5.42. The molecule has 0 saturated carbocycles. The Morgan fingerprint density at radius 1 is 0.509 bits per heavy atom. The molecule has 0 atom stereocenters. The van der Waals surface area contributed by atoms with Crippen LogP contribution in [-0.2, 0) is 5.41 Å². The molecule has 3 aromatic heterocycles. The van der Waals surface area contributed by atoms with E-state index in [-0.39, 0.29) is 5.41 Å². The molecular weight excluding hydrogens is 687 g/mol. The van der Waals surface area contributed by atoms with Crippen molar-refractivity contribution in [3.8, 4) is 39.5 Å². The lowest BCUT2D eigenvalue weighted by Crippen LogP contribution is -2.15. The first kappa shape index (κ1) is 30.8. The molecule has 0 radical (unpaired) electrons. The molecule has 0 saturated heterocycles. The molecule has 0 bridgehead atoms. The van der Waals surface area contributed by atoms with Crippen molar-refractivity contribution < 1.29 is 0 Å². The van der Waals surface area contributed by atoms with Gasteiger partial charge in [-0.1, -0.05) is 129 Å². The van der Waals surface area contributed by atoms with Gasteiger partial charge in [0.1, 0.15) is 0 Å². The van der Waals surface area contributed by atoms with Gasteiger partial charge in [-0.2, -0.15) is 0 Å². The maximum Gasteiger partial charge on any atom is 0.160 e. The Bertz CT molecular complexity index is 3420. The summed E-state index contributed by atoms with van der Waals surface area (Å²) < 4.78 is 4.99. The zero-order valence-electron chi connectivity index (χ0n) is 30.3. The van der Waals surface area contributed by atoms with Crippen LogP contribution < -0.4 is 0 Å². The summed E-state index contributed by atoms with van der Waals surface area (Å²) in [6.45, 7) is 4.75. The average molecular weight is 720 g/mol. The van der Waals surface area contributed by atoms with Gasteiger partial charge < -0.3 is 4.57 Å². The molecule has 0 spiro atoms. The molecule has 55 heavy (non-hydrogen) atoms. The summed E-state index contributed by atoms with van der Waals surface area (Å²) >= 11 is 1.84.